The molecule has 6 heteroatoms. The summed E-state index contributed by atoms with van der Waals surface area (Å²) in [5, 5.41) is 12.0. The number of carboxylic acid groups (broad SMARTS) is 1. The van der Waals surface area contributed by atoms with E-state index >= 15 is 0 Å². The SMILES string of the molecule is O=C(NC(CC1CC1)C(=O)O)C1CCN(C(=O)CCc2ccccc2)CC1. The highest BCUT2D eigenvalue weighted by molar-refractivity contribution is 5.85. The number of carbonyl (C=O) groups is 3. The number of benzene rings is 1. The van der Waals surface area contributed by atoms with E-state index in [4.69, 9.17) is 0 Å². The zero-order valence-electron chi connectivity index (χ0n) is 15.6. The van der Waals surface area contributed by atoms with E-state index in [9.17, 15) is 19.5 Å². The largest absolute Gasteiger partial charge is 0.480 e. The molecule has 3 rings (SSSR count). The van der Waals surface area contributed by atoms with Gasteiger partial charge in [0.2, 0.25) is 11.8 Å². The molecule has 1 aliphatic carbocycles. The molecule has 1 atom stereocenters. The zero-order chi connectivity index (χ0) is 19.2. The standard InChI is InChI=1S/C21H28N2O4/c24-19(9-8-15-4-2-1-3-5-15)23-12-10-17(11-13-23)20(25)22-18(21(26)27)14-16-6-7-16/h1-5,16-18H,6-14H2,(H,22,25)(H,26,27). The van der Waals surface area contributed by atoms with Gasteiger partial charge in [-0.2, -0.15) is 0 Å². The van der Waals surface area contributed by atoms with Crippen molar-refractivity contribution in [1.29, 1.82) is 0 Å². The summed E-state index contributed by atoms with van der Waals surface area (Å²) in [5.74, 6) is -0.780. The minimum atomic E-state index is -0.955. The van der Waals surface area contributed by atoms with Crippen LogP contribution < -0.4 is 5.32 Å². The second-order valence-corrected chi connectivity index (χ2v) is 7.72. The molecule has 0 spiro atoms. The Balaban J connectivity index is 1.41. The van der Waals surface area contributed by atoms with Crippen molar-refractivity contribution in [3.63, 3.8) is 0 Å². The lowest BCUT2D eigenvalue weighted by atomic mass is 9.94. The van der Waals surface area contributed by atoms with E-state index in [2.05, 4.69) is 5.32 Å². The predicted octanol–water partition coefficient (Wildman–Crippen LogP) is 2.23. The van der Waals surface area contributed by atoms with Crippen molar-refractivity contribution in [3.05, 3.63) is 35.9 Å². The highest BCUT2D eigenvalue weighted by Crippen LogP contribution is 2.33. The van der Waals surface area contributed by atoms with Gasteiger partial charge in [0.1, 0.15) is 6.04 Å². The lowest BCUT2D eigenvalue weighted by Crippen LogP contribution is -2.47. The van der Waals surface area contributed by atoms with Gasteiger partial charge in [0.05, 0.1) is 0 Å². The van der Waals surface area contributed by atoms with Crippen LogP contribution in [0.4, 0.5) is 0 Å². The third-order valence-corrected chi connectivity index (χ3v) is 5.57. The monoisotopic (exact) mass is 372 g/mol. The molecule has 0 aromatic heterocycles. The third-order valence-electron chi connectivity index (χ3n) is 5.57. The maximum atomic E-state index is 12.4. The van der Waals surface area contributed by atoms with Crippen LogP contribution in [0.5, 0.6) is 0 Å². The number of amides is 2. The number of aryl methyl sites for hydroxylation is 1. The molecule has 1 heterocycles. The second-order valence-electron chi connectivity index (χ2n) is 7.72. The number of carbonyl (C=O) groups excluding carboxylic acids is 2. The summed E-state index contributed by atoms with van der Waals surface area (Å²) in [6.07, 6.45) is 5.03. The van der Waals surface area contributed by atoms with Gasteiger partial charge in [-0.25, -0.2) is 4.79 Å². The zero-order valence-corrected chi connectivity index (χ0v) is 15.6. The van der Waals surface area contributed by atoms with E-state index in [0.717, 1.165) is 24.8 Å². The van der Waals surface area contributed by atoms with E-state index in [0.29, 0.717) is 44.7 Å². The number of likely N-dealkylation sites (tertiary alicyclic amines) is 1. The molecule has 1 saturated heterocycles. The van der Waals surface area contributed by atoms with Gasteiger partial charge >= 0.3 is 5.97 Å². The molecule has 1 aliphatic heterocycles. The Kier molecular flexibility index (Phi) is 6.48. The van der Waals surface area contributed by atoms with Crippen LogP contribution >= 0.6 is 0 Å². The van der Waals surface area contributed by atoms with Crippen LogP contribution in [-0.4, -0.2) is 46.9 Å². The Morgan fingerprint density at radius 3 is 2.33 bits per heavy atom. The molecule has 0 radical (unpaired) electrons. The van der Waals surface area contributed by atoms with Gasteiger partial charge in [0.25, 0.3) is 0 Å². The van der Waals surface area contributed by atoms with Gasteiger partial charge in [0, 0.05) is 25.4 Å². The number of nitrogens with one attached hydrogen (secondary N) is 1. The average molecular weight is 372 g/mol. The Morgan fingerprint density at radius 2 is 1.74 bits per heavy atom. The minimum Gasteiger partial charge on any atom is -0.480 e. The van der Waals surface area contributed by atoms with Crippen molar-refractivity contribution >= 4 is 17.8 Å². The van der Waals surface area contributed by atoms with E-state index in [1.165, 1.54) is 0 Å². The summed E-state index contributed by atoms with van der Waals surface area (Å²) in [5.41, 5.74) is 1.15. The van der Waals surface area contributed by atoms with Gasteiger partial charge in [0.15, 0.2) is 0 Å². The summed E-state index contributed by atoms with van der Waals surface area (Å²) in [6, 6.07) is 9.15. The Bertz CT molecular complexity index is 664. The molecule has 6 nitrogen and oxygen atoms in total. The van der Waals surface area contributed by atoms with E-state index in [-0.39, 0.29) is 17.7 Å². The van der Waals surface area contributed by atoms with Crippen molar-refractivity contribution in [3.8, 4) is 0 Å². The van der Waals surface area contributed by atoms with Crippen LogP contribution in [0, 0.1) is 11.8 Å². The Morgan fingerprint density at radius 1 is 1.07 bits per heavy atom. The summed E-state index contributed by atoms with van der Waals surface area (Å²) in [4.78, 5) is 38.0. The fourth-order valence-corrected chi connectivity index (χ4v) is 3.64. The number of rotatable bonds is 8. The first-order chi connectivity index (χ1) is 13.0. The highest BCUT2D eigenvalue weighted by atomic mass is 16.4. The quantitative estimate of drug-likeness (QED) is 0.733. The van der Waals surface area contributed by atoms with Crippen molar-refractivity contribution in [1.82, 2.24) is 10.2 Å². The lowest BCUT2D eigenvalue weighted by molar-refractivity contribution is -0.143. The predicted molar refractivity (Wildman–Crippen MR) is 101 cm³/mol. The lowest BCUT2D eigenvalue weighted by Gasteiger charge is -2.32. The topological polar surface area (TPSA) is 86.7 Å². The smallest absolute Gasteiger partial charge is 0.326 e. The molecule has 1 aromatic rings. The molecule has 2 N–H and O–H groups in total. The fourth-order valence-electron chi connectivity index (χ4n) is 3.64. The normalized spacial score (nSPS) is 18.7. The van der Waals surface area contributed by atoms with Crippen LogP contribution in [0.15, 0.2) is 30.3 Å². The number of piperidine rings is 1. The van der Waals surface area contributed by atoms with Crippen LogP contribution in [0.1, 0.15) is 44.1 Å². The van der Waals surface area contributed by atoms with Crippen molar-refractivity contribution in [2.45, 2.75) is 51.0 Å². The molecule has 0 bridgehead atoms. The van der Waals surface area contributed by atoms with Crippen molar-refractivity contribution < 1.29 is 19.5 Å². The summed E-state index contributed by atoms with van der Waals surface area (Å²) >= 11 is 0. The van der Waals surface area contributed by atoms with E-state index in [1.54, 1.807) is 0 Å². The molecular formula is C21H28N2O4. The molecule has 2 amide bonds. The summed E-state index contributed by atoms with van der Waals surface area (Å²) in [7, 11) is 0. The maximum Gasteiger partial charge on any atom is 0.326 e. The number of nitrogens with zero attached hydrogens (tertiary/aromatic N) is 1. The Labute approximate surface area is 159 Å². The second kappa shape index (κ2) is 9.02. The molecule has 1 saturated carbocycles. The molecule has 27 heavy (non-hydrogen) atoms. The minimum absolute atomic E-state index is 0.120. The van der Waals surface area contributed by atoms with Gasteiger partial charge in [-0.05, 0) is 37.2 Å². The molecule has 2 fully saturated rings. The van der Waals surface area contributed by atoms with Gasteiger partial charge < -0.3 is 15.3 Å². The average Bonchev–Trinajstić information content (AvgIpc) is 3.50. The van der Waals surface area contributed by atoms with Crippen molar-refractivity contribution in [2.75, 3.05) is 13.1 Å². The maximum absolute atomic E-state index is 12.4. The molecular weight excluding hydrogens is 344 g/mol. The van der Waals surface area contributed by atoms with Crippen LogP contribution in [-0.2, 0) is 20.8 Å². The molecule has 1 aromatic carbocycles. The summed E-state index contributed by atoms with van der Waals surface area (Å²) in [6.45, 7) is 1.12. The first-order valence-corrected chi connectivity index (χ1v) is 9.88. The number of aliphatic carboxylic acids is 1. The van der Waals surface area contributed by atoms with Crippen molar-refractivity contribution in [2.24, 2.45) is 11.8 Å². The van der Waals surface area contributed by atoms with Gasteiger partial charge in [-0.15, -0.1) is 0 Å². The highest BCUT2D eigenvalue weighted by Gasteiger charge is 2.33. The van der Waals surface area contributed by atoms with Crippen LogP contribution in [0.2, 0.25) is 0 Å². The molecule has 1 unspecified atom stereocenters. The number of hydrogen-bond donors (Lipinski definition) is 2. The van der Waals surface area contributed by atoms with E-state index < -0.39 is 12.0 Å². The van der Waals surface area contributed by atoms with Crippen LogP contribution in [0.25, 0.3) is 0 Å². The number of hydrogen-bond acceptors (Lipinski definition) is 3. The first kappa shape index (κ1) is 19.4. The molecule has 2 aliphatic rings. The van der Waals surface area contributed by atoms with E-state index in [1.807, 2.05) is 35.2 Å². The third kappa shape index (κ3) is 5.81. The Hall–Kier alpha value is -2.37. The van der Waals surface area contributed by atoms with Crippen LogP contribution in [0.3, 0.4) is 0 Å². The summed E-state index contributed by atoms with van der Waals surface area (Å²) < 4.78 is 0. The van der Waals surface area contributed by atoms with Gasteiger partial charge in [-0.3, -0.25) is 9.59 Å². The molecule has 146 valence electrons. The first-order valence-electron chi connectivity index (χ1n) is 9.88. The number of carboxylic acids is 1. The van der Waals surface area contributed by atoms with Gasteiger partial charge in [-0.1, -0.05) is 43.2 Å². The fraction of sp³-hybridized carbons (Fsp3) is 0.571.